The highest BCUT2D eigenvalue weighted by Gasteiger charge is 2.26. The summed E-state index contributed by atoms with van der Waals surface area (Å²) in [6.45, 7) is 6.04. The maximum atomic E-state index is 11.7. The highest BCUT2D eigenvalue weighted by atomic mass is 32.2. The van der Waals surface area contributed by atoms with Crippen molar-refractivity contribution >= 4 is 21.9 Å². The number of hydrogen-bond donors (Lipinski definition) is 3. The number of aliphatic hydroxyl groups is 1. The Balaban J connectivity index is 1.80. The molecule has 2 aromatic heterocycles. The third kappa shape index (κ3) is 7.35. The summed E-state index contributed by atoms with van der Waals surface area (Å²) in [6.07, 6.45) is 8.19. The summed E-state index contributed by atoms with van der Waals surface area (Å²) in [5.41, 5.74) is 0.963. The predicted molar refractivity (Wildman–Crippen MR) is 118 cm³/mol. The monoisotopic (exact) mass is 449 g/mol. The summed E-state index contributed by atoms with van der Waals surface area (Å²) in [5.74, 6) is 2.38. The van der Waals surface area contributed by atoms with Crippen molar-refractivity contribution in [3.63, 3.8) is 0 Å². The summed E-state index contributed by atoms with van der Waals surface area (Å²) in [7, 11) is -3.55. The molecule has 0 bridgehead atoms. The maximum Gasteiger partial charge on any atom is 0.241 e. The molecular weight excluding hydrogens is 418 g/mol. The van der Waals surface area contributed by atoms with Crippen LogP contribution in [0.25, 0.3) is 0 Å². The lowest BCUT2D eigenvalue weighted by Gasteiger charge is -2.19. The molecule has 31 heavy (non-hydrogen) atoms. The summed E-state index contributed by atoms with van der Waals surface area (Å²) >= 11 is 0. The Morgan fingerprint density at radius 3 is 2.29 bits per heavy atom. The first-order chi connectivity index (χ1) is 14.6. The largest absolute Gasteiger partial charge is 0.394 e. The van der Waals surface area contributed by atoms with Gasteiger partial charge in [-0.05, 0) is 36.7 Å². The number of sulfonamides is 1. The zero-order chi connectivity index (χ0) is 22.6. The number of nitrogens with one attached hydrogen (secondary N) is 2. The Morgan fingerprint density at radius 1 is 1.10 bits per heavy atom. The number of anilines is 2. The lowest BCUT2D eigenvalue weighted by molar-refractivity contribution is 0.259. The van der Waals surface area contributed by atoms with Crippen LogP contribution in [0.2, 0.25) is 0 Å². The normalized spacial score (nSPS) is 16.2. The van der Waals surface area contributed by atoms with E-state index in [0.29, 0.717) is 30.5 Å². The number of aromatic nitrogens is 5. The molecule has 2 atom stereocenters. The summed E-state index contributed by atoms with van der Waals surface area (Å²) < 4.78 is 25.7. The maximum absolute atomic E-state index is 11.7. The van der Waals surface area contributed by atoms with Crippen molar-refractivity contribution in [3.05, 3.63) is 29.6 Å². The molecule has 2 aromatic rings. The molecule has 3 rings (SSSR count). The second-order valence-corrected chi connectivity index (χ2v) is 10.4. The Hall–Kier alpha value is -2.40. The molecule has 11 heteroatoms. The van der Waals surface area contributed by atoms with E-state index < -0.39 is 10.0 Å². The van der Waals surface area contributed by atoms with Crippen LogP contribution in [0.4, 0.5) is 11.9 Å². The first-order valence-electron chi connectivity index (χ1n) is 10.5. The zero-order valence-corrected chi connectivity index (χ0v) is 19.2. The molecule has 2 heterocycles. The van der Waals surface area contributed by atoms with E-state index >= 15 is 0 Å². The van der Waals surface area contributed by atoms with Gasteiger partial charge in [0.1, 0.15) is 11.6 Å². The van der Waals surface area contributed by atoms with E-state index in [-0.39, 0.29) is 30.5 Å². The third-order valence-electron chi connectivity index (χ3n) is 4.96. The van der Waals surface area contributed by atoms with Crippen LogP contribution in [-0.4, -0.2) is 57.3 Å². The van der Waals surface area contributed by atoms with Crippen molar-refractivity contribution < 1.29 is 13.5 Å². The summed E-state index contributed by atoms with van der Waals surface area (Å²) in [6, 6.07) is -0.248. The molecule has 0 unspecified atom stereocenters. The van der Waals surface area contributed by atoms with E-state index in [2.05, 4.69) is 48.8 Å². The quantitative estimate of drug-likeness (QED) is 0.470. The van der Waals surface area contributed by atoms with Crippen LogP contribution < -0.4 is 10.0 Å². The van der Waals surface area contributed by atoms with Crippen LogP contribution >= 0.6 is 0 Å². The SMILES string of the molecule is CC(C)C[C@H](CO)Nc1nc(C[C@H](C)c2cnc(C3CC3)nc2)nc(NS(C)(=O)=O)n1. The van der Waals surface area contributed by atoms with Crippen molar-refractivity contribution in [3.8, 4) is 0 Å². The Kier molecular flexibility index (Phi) is 7.37. The van der Waals surface area contributed by atoms with E-state index in [1.165, 1.54) is 0 Å². The third-order valence-corrected chi connectivity index (χ3v) is 5.51. The van der Waals surface area contributed by atoms with Gasteiger partial charge in [0.05, 0.1) is 18.9 Å². The average molecular weight is 450 g/mol. The van der Waals surface area contributed by atoms with Gasteiger partial charge in [0.15, 0.2) is 0 Å². The van der Waals surface area contributed by atoms with Gasteiger partial charge in [0.25, 0.3) is 0 Å². The second kappa shape index (κ2) is 9.82. The molecule has 0 amide bonds. The minimum Gasteiger partial charge on any atom is -0.394 e. The fourth-order valence-corrected chi connectivity index (χ4v) is 3.69. The van der Waals surface area contributed by atoms with Crippen LogP contribution in [-0.2, 0) is 16.4 Å². The highest BCUT2D eigenvalue weighted by molar-refractivity contribution is 7.91. The van der Waals surface area contributed by atoms with Gasteiger partial charge >= 0.3 is 0 Å². The van der Waals surface area contributed by atoms with Crippen LogP contribution in [0.1, 0.15) is 69.1 Å². The number of hydrogen-bond acceptors (Lipinski definition) is 9. The van der Waals surface area contributed by atoms with Gasteiger partial charge in [0.2, 0.25) is 21.9 Å². The molecule has 0 radical (unpaired) electrons. The van der Waals surface area contributed by atoms with E-state index in [1.807, 2.05) is 19.3 Å². The van der Waals surface area contributed by atoms with Gasteiger partial charge in [0, 0.05) is 24.7 Å². The number of rotatable bonds is 11. The van der Waals surface area contributed by atoms with Crippen LogP contribution in [0, 0.1) is 5.92 Å². The van der Waals surface area contributed by atoms with Crippen molar-refractivity contribution in [1.29, 1.82) is 0 Å². The first kappa shape index (κ1) is 23.3. The fraction of sp³-hybridized carbons (Fsp3) is 0.650. The molecule has 0 spiro atoms. The van der Waals surface area contributed by atoms with Crippen molar-refractivity contribution in [2.75, 3.05) is 22.9 Å². The molecule has 1 saturated carbocycles. The van der Waals surface area contributed by atoms with Gasteiger partial charge in [-0.25, -0.2) is 18.4 Å². The molecule has 1 fully saturated rings. The van der Waals surface area contributed by atoms with Crippen LogP contribution in [0.15, 0.2) is 12.4 Å². The Bertz CT molecular complexity index is 979. The van der Waals surface area contributed by atoms with E-state index in [0.717, 1.165) is 30.5 Å². The topological polar surface area (TPSA) is 143 Å². The van der Waals surface area contributed by atoms with Gasteiger partial charge < -0.3 is 10.4 Å². The predicted octanol–water partition coefficient (Wildman–Crippen LogP) is 2.08. The summed E-state index contributed by atoms with van der Waals surface area (Å²) in [4.78, 5) is 21.8. The molecule has 3 N–H and O–H groups in total. The van der Waals surface area contributed by atoms with Gasteiger partial charge in [-0.2, -0.15) is 15.0 Å². The average Bonchev–Trinajstić information content (AvgIpc) is 3.51. The van der Waals surface area contributed by atoms with E-state index in [9.17, 15) is 13.5 Å². The van der Waals surface area contributed by atoms with Crippen LogP contribution in [0.3, 0.4) is 0 Å². The van der Waals surface area contributed by atoms with Crippen molar-refractivity contribution in [2.45, 2.75) is 64.3 Å². The zero-order valence-electron chi connectivity index (χ0n) is 18.4. The standard InChI is InChI=1S/C20H31N7O3S/c1-12(2)7-16(11-28)23-19-24-17(25-20(26-19)27-31(4,29)30)8-13(3)15-9-21-18(22-10-15)14-5-6-14/h9-10,12-14,16,28H,5-8,11H2,1-4H3,(H2,23,24,25,26,27)/t13-,16+/m0/s1. The first-order valence-corrected chi connectivity index (χ1v) is 12.4. The van der Waals surface area contributed by atoms with Gasteiger partial charge in [-0.1, -0.05) is 20.8 Å². The molecule has 10 nitrogen and oxygen atoms in total. The molecule has 0 aromatic carbocycles. The minimum absolute atomic E-state index is 0.0267. The van der Waals surface area contributed by atoms with Crippen molar-refractivity contribution in [2.24, 2.45) is 5.92 Å². The lowest BCUT2D eigenvalue weighted by Crippen LogP contribution is -2.27. The number of nitrogens with zero attached hydrogens (tertiary/aromatic N) is 5. The minimum atomic E-state index is -3.55. The Labute approximate surface area is 183 Å². The molecule has 0 saturated heterocycles. The van der Waals surface area contributed by atoms with E-state index in [4.69, 9.17) is 0 Å². The molecule has 170 valence electrons. The summed E-state index contributed by atoms with van der Waals surface area (Å²) in [5, 5.41) is 12.8. The smallest absolute Gasteiger partial charge is 0.241 e. The second-order valence-electron chi connectivity index (χ2n) is 8.68. The van der Waals surface area contributed by atoms with E-state index in [1.54, 1.807) is 0 Å². The Morgan fingerprint density at radius 2 is 1.74 bits per heavy atom. The van der Waals surface area contributed by atoms with Gasteiger partial charge in [-0.3, -0.25) is 4.72 Å². The number of aliphatic hydroxyl groups excluding tert-OH is 1. The van der Waals surface area contributed by atoms with Crippen LogP contribution in [0.5, 0.6) is 0 Å². The molecule has 0 aliphatic heterocycles. The molecular formula is C20H31N7O3S. The molecule has 1 aliphatic carbocycles. The lowest BCUT2D eigenvalue weighted by atomic mass is 10.0. The highest BCUT2D eigenvalue weighted by Crippen LogP contribution is 2.37. The van der Waals surface area contributed by atoms with Gasteiger partial charge in [-0.15, -0.1) is 0 Å². The fourth-order valence-electron chi connectivity index (χ4n) is 3.26. The molecule has 1 aliphatic rings. The van der Waals surface area contributed by atoms with Crippen molar-refractivity contribution in [1.82, 2.24) is 24.9 Å².